The van der Waals surface area contributed by atoms with Crippen LogP contribution in [0.2, 0.25) is 0 Å². The van der Waals surface area contributed by atoms with E-state index in [1.165, 1.54) is 5.56 Å². The number of ether oxygens (including phenoxy) is 1. The van der Waals surface area contributed by atoms with Gasteiger partial charge in [-0.3, -0.25) is 10.1 Å². The first kappa shape index (κ1) is 10.7. The van der Waals surface area contributed by atoms with Gasteiger partial charge in [-0.25, -0.2) is 0 Å². The number of hydrogen-bond donors (Lipinski definition) is 2. The number of piperazine rings is 1. The standard InChI is InChI=1S/C13H16N2O2/c16-12-7-15-13(8-14-12)9-17-11(13)6-10-4-2-1-3-5-10/h1-5,11,15H,6-9H2,(H,14,16). The fraction of sp³-hybridized carbons (Fsp3) is 0.462. The normalized spacial score (nSPS) is 32.0. The fourth-order valence-corrected chi connectivity index (χ4v) is 2.45. The van der Waals surface area contributed by atoms with Crippen molar-refractivity contribution in [1.29, 1.82) is 0 Å². The second-order valence-corrected chi connectivity index (χ2v) is 4.78. The number of benzene rings is 1. The maximum absolute atomic E-state index is 11.1. The third-order valence-electron chi connectivity index (χ3n) is 3.62. The largest absolute Gasteiger partial charge is 0.374 e. The average molecular weight is 232 g/mol. The van der Waals surface area contributed by atoms with Crippen molar-refractivity contribution in [3.8, 4) is 0 Å². The van der Waals surface area contributed by atoms with Crippen LogP contribution in [-0.4, -0.2) is 37.2 Å². The molecule has 0 radical (unpaired) electrons. The van der Waals surface area contributed by atoms with E-state index in [9.17, 15) is 4.79 Å². The number of rotatable bonds is 2. The Kier molecular flexibility index (Phi) is 2.61. The zero-order valence-electron chi connectivity index (χ0n) is 9.61. The van der Waals surface area contributed by atoms with E-state index in [2.05, 4.69) is 22.8 Å². The van der Waals surface area contributed by atoms with E-state index in [-0.39, 0.29) is 17.6 Å². The first-order chi connectivity index (χ1) is 8.28. The highest BCUT2D eigenvalue weighted by Gasteiger charge is 2.49. The lowest BCUT2D eigenvalue weighted by molar-refractivity contribution is -0.159. The van der Waals surface area contributed by atoms with Gasteiger partial charge in [0, 0.05) is 13.0 Å². The Hall–Kier alpha value is -1.39. The minimum absolute atomic E-state index is 0.0518. The van der Waals surface area contributed by atoms with Gasteiger partial charge in [0.2, 0.25) is 5.91 Å². The van der Waals surface area contributed by atoms with Crippen molar-refractivity contribution in [1.82, 2.24) is 10.6 Å². The molecule has 1 amide bonds. The van der Waals surface area contributed by atoms with Crippen LogP contribution in [0.15, 0.2) is 30.3 Å². The molecular weight excluding hydrogens is 216 g/mol. The van der Waals surface area contributed by atoms with E-state index in [1.54, 1.807) is 0 Å². The zero-order chi connectivity index (χ0) is 11.7. The Morgan fingerprint density at radius 2 is 2.18 bits per heavy atom. The van der Waals surface area contributed by atoms with Crippen LogP contribution in [0.5, 0.6) is 0 Å². The molecule has 1 aromatic rings. The van der Waals surface area contributed by atoms with E-state index in [0.29, 0.717) is 19.7 Å². The topological polar surface area (TPSA) is 50.4 Å². The second kappa shape index (κ2) is 4.13. The van der Waals surface area contributed by atoms with Gasteiger partial charge >= 0.3 is 0 Å². The Morgan fingerprint density at radius 3 is 2.76 bits per heavy atom. The van der Waals surface area contributed by atoms with Crippen LogP contribution < -0.4 is 10.6 Å². The Morgan fingerprint density at radius 1 is 1.35 bits per heavy atom. The lowest BCUT2D eigenvalue weighted by atomic mass is 9.82. The Labute approximate surface area is 100 Å². The Balaban J connectivity index is 1.67. The van der Waals surface area contributed by atoms with Gasteiger partial charge in [-0.05, 0) is 5.56 Å². The molecule has 2 fully saturated rings. The molecule has 4 nitrogen and oxygen atoms in total. The fourth-order valence-electron chi connectivity index (χ4n) is 2.45. The smallest absolute Gasteiger partial charge is 0.234 e. The number of amides is 1. The van der Waals surface area contributed by atoms with Crippen molar-refractivity contribution < 1.29 is 9.53 Å². The molecule has 1 spiro atoms. The van der Waals surface area contributed by atoms with Gasteiger partial charge in [0.25, 0.3) is 0 Å². The zero-order valence-corrected chi connectivity index (χ0v) is 9.61. The van der Waals surface area contributed by atoms with Gasteiger partial charge in [-0.15, -0.1) is 0 Å². The van der Waals surface area contributed by atoms with Crippen molar-refractivity contribution in [2.75, 3.05) is 19.7 Å². The second-order valence-electron chi connectivity index (χ2n) is 4.78. The highest BCUT2D eigenvalue weighted by Crippen LogP contribution is 2.29. The van der Waals surface area contributed by atoms with Crippen molar-refractivity contribution >= 4 is 5.91 Å². The van der Waals surface area contributed by atoms with Crippen LogP contribution >= 0.6 is 0 Å². The summed E-state index contributed by atoms with van der Waals surface area (Å²) in [4.78, 5) is 11.1. The van der Waals surface area contributed by atoms with Gasteiger partial charge in [0.15, 0.2) is 0 Å². The Bertz CT molecular complexity index is 409. The third-order valence-corrected chi connectivity index (χ3v) is 3.62. The molecule has 2 aliphatic rings. The number of carbonyl (C=O) groups is 1. The molecule has 17 heavy (non-hydrogen) atoms. The van der Waals surface area contributed by atoms with Crippen molar-refractivity contribution in [2.24, 2.45) is 0 Å². The minimum Gasteiger partial charge on any atom is -0.374 e. The van der Waals surface area contributed by atoms with Crippen LogP contribution in [0, 0.1) is 0 Å². The summed E-state index contributed by atoms with van der Waals surface area (Å²) in [6.07, 6.45) is 1.05. The molecule has 3 rings (SSSR count). The van der Waals surface area contributed by atoms with E-state index >= 15 is 0 Å². The van der Waals surface area contributed by atoms with Crippen molar-refractivity contribution in [3.63, 3.8) is 0 Å². The number of carbonyl (C=O) groups excluding carboxylic acids is 1. The maximum atomic E-state index is 11.1. The summed E-state index contributed by atoms with van der Waals surface area (Å²) in [7, 11) is 0. The summed E-state index contributed by atoms with van der Waals surface area (Å²) in [6.45, 7) is 1.75. The lowest BCUT2D eigenvalue weighted by Crippen LogP contribution is -2.75. The number of nitrogens with one attached hydrogen (secondary N) is 2. The molecule has 0 aliphatic carbocycles. The molecule has 2 heterocycles. The third kappa shape index (κ3) is 1.94. The van der Waals surface area contributed by atoms with Gasteiger partial charge in [-0.1, -0.05) is 30.3 Å². The molecule has 90 valence electrons. The van der Waals surface area contributed by atoms with E-state index in [1.807, 2.05) is 18.2 Å². The SMILES string of the molecule is O=C1CNC2(CN1)COC2Cc1ccccc1. The molecular formula is C13H16N2O2. The van der Waals surface area contributed by atoms with Crippen molar-refractivity contribution in [2.45, 2.75) is 18.1 Å². The predicted molar refractivity (Wildman–Crippen MR) is 63.6 cm³/mol. The highest BCUT2D eigenvalue weighted by atomic mass is 16.5. The highest BCUT2D eigenvalue weighted by molar-refractivity contribution is 5.79. The van der Waals surface area contributed by atoms with E-state index in [0.717, 1.165) is 6.42 Å². The molecule has 2 saturated heterocycles. The predicted octanol–water partition coefficient (Wildman–Crippen LogP) is 0.0861. The summed E-state index contributed by atoms with van der Waals surface area (Å²) in [5, 5.41) is 6.22. The monoisotopic (exact) mass is 232 g/mol. The minimum atomic E-state index is -0.0518. The molecule has 2 unspecified atom stereocenters. The van der Waals surface area contributed by atoms with Crippen LogP contribution in [0.4, 0.5) is 0 Å². The van der Waals surface area contributed by atoms with Crippen LogP contribution in [-0.2, 0) is 16.0 Å². The summed E-state index contributed by atoms with van der Waals surface area (Å²) in [5.41, 5.74) is 1.22. The first-order valence-corrected chi connectivity index (χ1v) is 5.96. The summed E-state index contributed by atoms with van der Waals surface area (Å²) < 4.78 is 5.65. The maximum Gasteiger partial charge on any atom is 0.234 e. The molecule has 2 atom stereocenters. The van der Waals surface area contributed by atoms with Crippen LogP contribution in [0.25, 0.3) is 0 Å². The summed E-state index contributed by atoms with van der Waals surface area (Å²) >= 11 is 0. The molecule has 2 aliphatic heterocycles. The molecule has 1 aromatic carbocycles. The molecule has 0 bridgehead atoms. The van der Waals surface area contributed by atoms with E-state index in [4.69, 9.17) is 4.74 Å². The van der Waals surface area contributed by atoms with E-state index < -0.39 is 0 Å². The molecule has 0 aromatic heterocycles. The average Bonchev–Trinajstić information content (AvgIpc) is 2.37. The quantitative estimate of drug-likeness (QED) is 0.759. The lowest BCUT2D eigenvalue weighted by Gasteiger charge is -2.51. The molecule has 2 N–H and O–H groups in total. The first-order valence-electron chi connectivity index (χ1n) is 5.96. The molecule has 4 heteroatoms. The van der Waals surface area contributed by atoms with Crippen LogP contribution in [0.1, 0.15) is 5.56 Å². The van der Waals surface area contributed by atoms with Crippen LogP contribution in [0.3, 0.4) is 0 Å². The van der Waals surface area contributed by atoms with Gasteiger partial charge in [-0.2, -0.15) is 0 Å². The summed E-state index contributed by atoms with van der Waals surface area (Å²) in [6, 6.07) is 10.3. The number of hydrogen-bond acceptors (Lipinski definition) is 3. The molecule has 0 saturated carbocycles. The van der Waals surface area contributed by atoms with Crippen molar-refractivity contribution in [3.05, 3.63) is 35.9 Å². The van der Waals surface area contributed by atoms with Gasteiger partial charge in [0.1, 0.15) is 0 Å². The van der Waals surface area contributed by atoms with Gasteiger partial charge in [0.05, 0.1) is 24.8 Å². The van der Waals surface area contributed by atoms with Gasteiger partial charge < -0.3 is 10.1 Å². The summed E-state index contributed by atoms with van der Waals surface area (Å²) in [5.74, 6) is 0.0704.